The number of piperidine rings is 1. The number of esters is 1. The van der Waals surface area contributed by atoms with E-state index in [-0.39, 0.29) is 24.0 Å². The van der Waals surface area contributed by atoms with Gasteiger partial charge in [-0.2, -0.15) is 0 Å². The second-order valence-electron chi connectivity index (χ2n) is 6.21. The Bertz CT molecular complexity index is 351. The summed E-state index contributed by atoms with van der Waals surface area (Å²) >= 11 is 0. The Kier molecular flexibility index (Phi) is 5.26. The topological polar surface area (TPSA) is 58.6 Å². The summed E-state index contributed by atoms with van der Waals surface area (Å²) in [6, 6.07) is 0.277. The Morgan fingerprint density at radius 2 is 1.85 bits per heavy atom. The summed E-state index contributed by atoms with van der Waals surface area (Å²) in [4.78, 5) is 25.6. The highest BCUT2D eigenvalue weighted by atomic mass is 16.5. The first-order chi connectivity index (χ1) is 9.60. The minimum absolute atomic E-state index is 0.0168. The highest BCUT2D eigenvalue weighted by Gasteiger charge is 2.29. The first kappa shape index (κ1) is 15.1. The molecule has 1 heterocycles. The molecular formula is C15H26N2O3. The molecule has 0 spiro atoms. The van der Waals surface area contributed by atoms with Crippen LogP contribution in [0.1, 0.15) is 45.4 Å². The maximum absolute atomic E-state index is 12.2. The van der Waals surface area contributed by atoms with Crippen LogP contribution in [0, 0.1) is 11.8 Å². The smallest absolute Gasteiger partial charge is 0.317 e. The average Bonchev–Trinajstić information content (AvgIpc) is 2.47. The van der Waals surface area contributed by atoms with Crippen LogP contribution in [0.5, 0.6) is 0 Å². The van der Waals surface area contributed by atoms with Gasteiger partial charge >= 0.3 is 12.0 Å². The lowest BCUT2D eigenvalue weighted by Gasteiger charge is -2.34. The molecule has 2 amide bonds. The molecule has 1 saturated heterocycles. The highest BCUT2D eigenvalue weighted by Crippen LogP contribution is 2.25. The van der Waals surface area contributed by atoms with Crippen LogP contribution in [0.3, 0.4) is 0 Å². The molecule has 1 unspecified atom stereocenters. The molecule has 114 valence electrons. The van der Waals surface area contributed by atoms with Crippen LogP contribution >= 0.6 is 0 Å². The fourth-order valence-electron chi connectivity index (χ4n) is 3.28. The zero-order chi connectivity index (χ0) is 14.5. The molecular weight excluding hydrogens is 256 g/mol. The molecule has 1 N–H and O–H groups in total. The molecule has 1 aliphatic carbocycles. The molecule has 0 aromatic carbocycles. The van der Waals surface area contributed by atoms with Crippen molar-refractivity contribution in [1.29, 1.82) is 0 Å². The van der Waals surface area contributed by atoms with Crippen molar-refractivity contribution in [2.75, 3.05) is 20.2 Å². The third-order valence-corrected chi connectivity index (χ3v) is 4.53. The van der Waals surface area contributed by atoms with Crippen LogP contribution in [0.25, 0.3) is 0 Å². The predicted octanol–water partition coefficient (Wildman–Crippen LogP) is 2.16. The van der Waals surface area contributed by atoms with Crippen molar-refractivity contribution < 1.29 is 14.3 Å². The quantitative estimate of drug-likeness (QED) is 0.790. The molecule has 5 nitrogen and oxygen atoms in total. The van der Waals surface area contributed by atoms with Gasteiger partial charge in [-0.3, -0.25) is 4.79 Å². The van der Waals surface area contributed by atoms with Gasteiger partial charge in [0.25, 0.3) is 0 Å². The summed E-state index contributed by atoms with van der Waals surface area (Å²) in [6.07, 6.45) is 5.68. The van der Waals surface area contributed by atoms with Gasteiger partial charge in [0, 0.05) is 19.1 Å². The number of hydrogen-bond donors (Lipinski definition) is 1. The summed E-state index contributed by atoms with van der Waals surface area (Å²) in [6.45, 7) is 3.93. The molecule has 2 rings (SSSR count). The summed E-state index contributed by atoms with van der Waals surface area (Å²) in [5, 5.41) is 3.12. The monoisotopic (exact) mass is 282 g/mol. The van der Waals surface area contributed by atoms with Crippen molar-refractivity contribution in [1.82, 2.24) is 10.2 Å². The molecule has 1 atom stereocenters. The summed E-state index contributed by atoms with van der Waals surface area (Å²) in [5.41, 5.74) is 0. The minimum atomic E-state index is -0.111. The third kappa shape index (κ3) is 3.87. The molecule has 1 aliphatic heterocycles. The van der Waals surface area contributed by atoms with E-state index in [2.05, 4.69) is 12.2 Å². The van der Waals surface area contributed by atoms with Gasteiger partial charge in [0.2, 0.25) is 0 Å². The molecule has 2 aliphatic rings. The lowest BCUT2D eigenvalue weighted by Crippen LogP contribution is -2.49. The van der Waals surface area contributed by atoms with Gasteiger partial charge in [-0.05, 0) is 44.4 Å². The van der Waals surface area contributed by atoms with E-state index < -0.39 is 0 Å². The van der Waals surface area contributed by atoms with Crippen molar-refractivity contribution >= 4 is 12.0 Å². The van der Waals surface area contributed by atoms with Crippen LogP contribution < -0.4 is 5.32 Å². The fourth-order valence-corrected chi connectivity index (χ4v) is 3.28. The summed E-state index contributed by atoms with van der Waals surface area (Å²) in [7, 11) is 1.44. The van der Waals surface area contributed by atoms with Gasteiger partial charge < -0.3 is 15.0 Å². The zero-order valence-corrected chi connectivity index (χ0v) is 12.6. The minimum Gasteiger partial charge on any atom is -0.469 e. The van der Waals surface area contributed by atoms with Crippen LogP contribution in [0.15, 0.2) is 0 Å². The van der Waals surface area contributed by atoms with Crippen molar-refractivity contribution in [3.8, 4) is 0 Å². The number of hydrogen-bond acceptors (Lipinski definition) is 3. The van der Waals surface area contributed by atoms with E-state index in [0.717, 1.165) is 45.2 Å². The standard InChI is InChI=1S/C15H26N2O3/c1-11-4-3-9-17(10-11)15(19)16-13-7-5-12(6-8-13)14(18)20-2/h11-13H,3-10H2,1-2H3,(H,16,19). The first-order valence-corrected chi connectivity index (χ1v) is 7.73. The maximum Gasteiger partial charge on any atom is 0.317 e. The molecule has 0 aromatic rings. The van der Waals surface area contributed by atoms with Crippen LogP contribution in [-0.4, -0.2) is 43.1 Å². The largest absolute Gasteiger partial charge is 0.469 e. The molecule has 20 heavy (non-hydrogen) atoms. The Morgan fingerprint density at radius 3 is 2.45 bits per heavy atom. The number of carbonyl (C=O) groups excluding carboxylic acids is 2. The molecule has 2 fully saturated rings. The molecule has 0 bridgehead atoms. The van der Waals surface area contributed by atoms with E-state index in [1.807, 2.05) is 4.90 Å². The van der Waals surface area contributed by atoms with Crippen LogP contribution in [0.4, 0.5) is 4.79 Å². The number of carbonyl (C=O) groups is 2. The number of nitrogens with zero attached hydrogens (tertiary/aromatic N) is 1. The number of amides is 2. The van der Waals surface area contributed by atoms with E-state index in [0.29, 0.717) is 5.92 Å². The van der Waals surface area contributed by atoms with E-state index in [4.69, 9.17) is 4.74 Å². The SMILES string of the molecule is COC(=O)C1CCC(NC(=O)N2CCCC(C)C2)CC1. The van der Waals surface area contributed by atoms with Crippen molar-refractivity contribution in [2.24, 2.45) is 11.8 Å². The predicted molar refractivity (Wildman–Crippen MR) is 76.3 cm³/mol. The second kappa shape index (κ2) is 6.95. The fraction of sp³-hybridized carbons (Fsp3) is 0.867. The van der Waals surface area contributed by atoms with E-state index >= 15 is 0 Å². The first-order valence-electron chi connectivity index (χ1n) is 7.73. The lowest BCUT2D eigenvalue weighted by molar-refractivity contribution is -0.146. The van der Waals surface area contributed by atoms with Crippen LogP contribution in [0.2, 0.25) is 0 Å². The van der Waals surface area contributed by atoms with Crippen molar-refractivity contribution in [3.63, 3.8) is 0 Å². The molecule has 1 saturated carbocycles. The number of likely N-dealkylation sites (tertiary alicyclic amines) is 1. The van der Waals surface area contributed by atoms with Crippen molar-refractivity contribution in [3.05, 3.63) is 0 Å². The molecule has 0 radical (unpaired) electrons. The third-order valence-electron chi connectivity index (χ3n) is 4.53. The van der Waals surface area contributed by atoms with Gasteiger partial charge in [-0.1, -0.05) is 6.92 Å². The number of methoxy groups -OCH3 is 1. The molecule has 0 aromatic heterocycles. The van der Waals surface area contributed by atoms with Gasteiger partial charge in [0.1, 0.15) is 0 Å². The Morgan fingerprint density at radius 1 is 1.15 bits per heavy atom. The zero-order valence-electron chi connectivity index (χ0n) is 12.6. The van der Waals surface area contributed by atoms with Crippen molar-refractivity contribution in [2.45, 2.75) is 51.5 Å². The van der Waals surface area contributed by atoms with Gasteiger partial charge in [-0.25, -0.2) is 4.79 Å². The Balaban J connectivity index is 1.74. The Labute approximate surface area is 121 Å². The lowest BCUT2D eigenvalue weighted by atomic mass is 9.86. The number of urea groups is 1. The number of ether oxygens (including phenoxy) is 1. The van der Waals surface area contributed by atoms with Gasteiger partial charge in [0.05, 0.1) is 13.0 Å². The van der Waals surface area contributed by atoms with Crippen LogP contribution in [-0.2, 0) is 9.53 Å². The van der Waals surface area contributed by atoms with E-state index in [1.54, 1.807) is 0 Å². The molecule has 5 heteroatoms. The second-order valence-corrected chi connectivity index (χ2v) is 6.21. The average molecular weight is 282 g/mol. The summed E-state index contributed by atoms with van der Waals surface area (Å²) in [5.74, 6) is 0.507. The van der Waals surface area contributed by atoms with Gasteiger partial charge in [-0.15, -0.1) is 0 Å². The summed E-state index contributed by atoms with van der Waals surface area (Å²) < 4.78 is 4.78. The van der Waals surface area contributed by atoms with Gasteiger partial charge in [0.15, 0.2) is 0 Å². The maximum atomic E-state index is 12.2. The number of nitrogens with one attached hydrogen (secondary N) is 1. The number of rotatable bonds is 2. The normalized spacial score (nSPS) is 30.7. The Hall–Kier alpha value is -1.26. The van der Waals surface area contributed by atoms with E-state index in [1.165, 1.54) is 13.5 Å². The van der Waals surface area contributed by atoms with E-state index in [9.17, 15) is 9.59 Å². The highest BCUT2D eigenvalue weighted by molar-refractivity contribution is 5.75.